The molecule has 2 heterocycles. The lowest BCUT2D eigenvalue weighted by Gasteiger charge is -2.04. The quantitative estimate of drug-likeness (QED) is 0.693. The summed E-state index contributed by atoms with van der Waals surface area (Å²) >= 11 is 1.19. The highest BCUT2D eigenvalue weighted by atomic mass is 32.2. The number of carbonyl (C=O) groups excluding carboxylic acids is 2. The third-order valence-electron chi connectivity index (χ3n) is 3.03. The number of thioether (sulfide) groups is 1. The van der Waals surface area contributed by atoms with Gasteiger partial charge in [0.1, 0.15) is 11.6 Å². The van der Waals surface area contributed by atoms with Crippen molar-refractivity contribution in [1.82, 2.24) is 25.8 Å². The van der Waals surface area contributed by atoms with Crippen molar-refractivity contribution in [3.05, 3.63) is 30.0 Å². The molecule has 3 rings (SSSR count). The molecule has 3 N–H and O–H groups in total. The maximum absolute atomic E-state index is 11.7. The molecule has 3 amide bonds. The van der Waals surface area contributed by atoms with Gasteiger partial charge in [0.2, 0.25) is 11.1 Å². The highest BCUT2D eigenvalue weighted by molar-refractivity contribution is 7.99. The number of furan rings is 1. The van der Waals surface area contributed by atoms with Crippen LogP contribution in [0.3, 0.4) is 0 Å². The SMILES string of the molecule is O=C(CSc1n[nH]c(C2CC2)n1)NC(=O)NCc1ccco1. The Morgan fingerprint density at radius 3 is 3.05 bits per heavy atom. The van der Waals surface area contributed by atoms with Gasteiger partial charge in [0, 0.05) is 5.92 Å². The number of amides is 3. The number of hydrogen-bond acceptors (Lipinski definition) is 6. The first kappa shape index (κ1) is 14.6. The minimum atomic E-state index is -0.560. The highest BCUT2D eigenvalue weighted by Gasteiger charge is 2.27. The van der Waals surface area contributed by atoms with E-state index < -0.39 is 11.9 Å². The Hall–Kier alpha value is -2.29. The fraction of sp³-hybridized carbons (Fsp3) is 0.385. The van der Waals surface area contributed by atoms with E-state index in [1.807, 2.05) is 0 Å². The topological polar surface area (TPSA) is 113 Å². The van der Waals surface area contributed by atoms with E-state index in [0.717, 1.165) is 18.7 Å². The van der Waals surface area contributed by atoms with Crippen molar-refractivity contribution in [2.24, 2.45) is 0 Å². The summed E-state index contributed by atoms with van der Waals surface area (Å²) in [5, 5.41) is 12.2. The number of urea groups is 1. The van der Waals surface area contributed by atoms with E-state index in [4.69, 9.17) is 4.42 Å². The minimum absolute atomic E-state index is 0.0795. The number of carbonyl (C=O) groups is 2. The van der Waals surface area contributed by atoms with Gasteiger partial charge in [-0.25, -0.2) is 9.78 Å². The highest BCUT2D eigenvalue weighted by Crippen LogP contribution is 2.38. The van der Waals surface area contributed by atoms with E-state index in [0.29, 0.717) is 16.8 Å². The number of nitrogens with zero attached hydrogens (tertiary/aromatic N) is 2. The van der Waals surface area contributed by atoms with Crippen molar-refractivity contribution >= 4 is 23.7 Å². The Labute approximate surface area is 130 Å². The number of aromatic amines is 1. The number of nitrogens with one attached hydrogen (secondary N) is 3. The molecule has 116 valence electrons. The van der Waals surface area contributed by atoms with Gasteiger partial charge in [0.05, 0.1) is 18.6 Å². The lowest BCUT2D eigenvalue weighted by Crippen LogP contribution is -2.39. The molecule has 8 nitrogen and oxygen atoms in total. The van der Waals surface area contributed by atoms with Gasteiger partial charge in [-0.15, -0.1) is 5.10 Å². The fourth-order valence-corrected chi connectivity index (χ4v) is 2.39. The van der Waals surface area contributed by atoms with Gasteiger partial charge in [0.15, 0.2) is 0 Å². The van der Waals surface area contributed by atoms with Crippen LogP contribution < -0.4 is 10.6 Å². The zero-order chi connectivity index (χ0) is 15.4. The second kappa shape index (κ2) is 6.65. The Morgan fingerprint density at radius 2 is 2.32 bits per heavy atom. The van der Waals surface area contributed by atoms with E-state index in [1.165, 1.54) is 18.0 Å². The first-order chi connectivity index (χ1) is 10.7. The molecule has 2 aromatic rings. The molecule has 1 aliphatic rings. The summed E-state index contributed by atoms with van der Waals surface area (Å²) in [6.07, 6.45) is 3.79. The van der Waals surface area contributed by atoms with E-state index in [9.17, 15) is 9.59 Å². The van der Waals surface area contributed by atoms with Gasteiger partial charge in [-0.3, -0.25) is 15.2 Å². The molecule has 0 bridgehead atoms. The second-order valence-electron chi connectivity index (χ2n) is 4.88. The summed E-state index contributed by atoms with van der Waals surface area (Å²) in [6, 6.07) is 2.90. The molecule has 0 atom stereocenters. The second-order valence-corrected chi connectivity index (χ2v) is 5.82. The molecule has 0 aromatic carbocycles. The van der Waals surface area contributed by atoms with Crippen LogP contribution in [-0.4, -0.2) is 32.9 Å². The van der Waals surface area contributed by atoms with Gasteiger partial charge in [-0.05, 0) is 25.0 Å². The van der Waals surface area contributed by atoms with Gasteiger partial charge < -0.3 is 9.73 Å². The van der Waals surface area contributed by atoms with Crippen LogP contribution in [0, 0.1) is 0 Å². The lowest BCUT2D eigenvalue weighted by atomic mass is 10.4. The molecule has 1 fully saturated rings. The summed E-state index contributed by atoms with van der Waals surface area (Å²) in [5.74, 6) is 1.66. The first-order valence-corrected chi connectivity index (χ1v) is 7.84. The molecule has 9 heteroatoms. The maximum Gasteiger partial charge on any atom is 0.321 e. The Balaban J connectivity index is 1.36. The van der Waals surface area contributed by atoms with Crippen LogP contribution in [0.25, 0.3) is 0 Å². The van der Waals surface area contributed by atoms with Crippen molar-refractivity contribution in [2.75, 3.05) is 5.75 Å². The van der Waals surface area contributed by atoms with Gasteiger partial charge in [-0.2, -0.15) is 0 Å². The Morgan fingerprint density at radius 1 is 1.45 bits per heavy atom. The molecular weight excluding hydrogens is 306 g/mol. The zero-order valence-corrected chi connectivity index (χ0v) is 12.5. The van der Waals surface area contributed by atoms with E-state index in [1.54, 1.807) is 12.1 Å². The van der Waals surface area contributed by atoms with Crippen molar-refractivity contribution in [2.45, 2.75) is 30.5 Å². The lowest BCUT2D eigenvalue weighted by molar-refractivity contribution is -0.117. The zero-order valence-electron chi connectivity index (χ0n) is 11.7. The number of rotatable bonds is 6. The van der Waals surface area contributed by atoms with E-state index in [-0.39, 0.29) is 12.3 Å². The van der Waals surface area contributed by atoms with Crippen LogP contribution in [0.4, 0.5) is 4.79 Å². The summed E-state index contributed by atoms with van der Waals surface area (Å²) < 4.78 is 5.07. The van der Waals surface area contributed by atoms with Gasteiger partial charge >= 0.3 is 6.03 Å². The first-order valence-electron chi connectivity index (χ1n) is 6.86. The smallest absolute Gasteiger partial charge is 0.321 e. The number of hydrogen-bond donors (Lipinski definition) is 3. The third kappa shape index (κ3) is 4.10. The van der Waals surface area contributed by atoms with Crippen LogP contribution in [-0.2, 0) is 11.3 Å². The average Bonchev–Trinajstić information content (AvgIpc) is 3.03. The van der Waals surface area contributed by atoms with Crippen molar-refractivity contribution in [3.8, 4) is 0 Å². The predicted molar refractivity (Wildman–Crippen MR) is 78.2 cm³/mol. The summed E-state index contributed by atoms with van der Waals surface area (Å²) in [4.78, 5) is 27.5. The van der Waals surface area contributed by atoms with E-state index in [2.05, 4.69) is 25.8 Å². The standard InChI is InChI=1S/C13H15N5O3S/c19-10(15-12(20)14-6-9-2-1-5-21-9)7-22-13-16-11(17-18-13)8-3-4-8/h1-2,5,8H,3-4,6-7H2,(H,16,17,18)(H2,14,15,19,20). The summed E-state index contributed by atoms with van der Waals surface area (Å²) in [5.41, 5.74) is 0. The van der Waals surface area contributed by atoms with Crippen molar-refractivity contribution in [1.29, 1.82) is 0 Å². The molecule has 22 heavy (non-hydrogen) atoms. The largest absolute Gasteiger partial charge is 0.467 e. The molecule has 1 saturated carbocycles. The normalized spacial score (nSPS) is 13.8. The van der Waals surface area contributed by atoms with Crippen LogP contribution in [0.15, 0.2) is 28.0 Å². The average molecular weight is 321 g/mol. The van der Waals surface area contributed by atoms with Gasteiger partial charge in [0.25, 0.3) is 0 Å². The van der Waals surface area contributed by atoms with Crippen LogP contribution >= 0.6 is 11.8 Å². The molecule has 0 aliphatic heterocycles. The number of H-pyrrole nitrogens is 1. The predicted octanol–water partition coefficient (Wildman–Crippen LogP) is 1.39. The fourth-order valence-electron chi connectivity index (χ4n) is 1.78. The molecule has 0 radical (unpaired) electrons. The molecule has 0 saturated heterocycles. The third-order valence-corrected chi connectivity index (χ3v) is 3.88. The minimum Gasteiger partial charge on any atom is -0.467 e. The van der Waals surface area contributed by atoms with E-state index >= 15 is 0 Å². The maximum atomic E-state index is 11.7. The van der Waals surface area contributed by atoms with Gasteiger partial charge in [-0.1, -0.05) is 11.8 Å². The van der Waals surface area contributed by atoms with Crippen LogP contribution in [0.1, 0.15) is 30.3 Å². The molecule has 1 aliphatic carbocycles. The van der Waals surface area contributed by atoms with Crippen LogP contribution in [0.5, 0.6) is 0 Å². The number of aromatic nitrogens is 3. The Kier molecular flexibility index (Phi) is 4.42. The Bertz CT molecular complexity index is 650. The van der Waals surface area contributed by atoms with Crippen molar-refractivity contribution < 1.29 is 14.0 Å². The molecule has 0 unspecified atom stereocenters. The van der Waals surface area contributed by atoms with Crippen LogP contribution in [0.2, 0.25) is 0 Å². The number of imide groups is 1. The van der Waals surface area contributed by atoms with Crippen molar-refractivity contribution in [3.63, 3.8) is 0 Å². The molecular formula is C13H15N5O3S. The molecule has 2 aromatic heterocycles. The summed E-state index contributed by atoms with van der Waals surface area (Å²) in [6.45, 7) is 0.227. The summed E-state index contributed by atoms with van der Waals surface area (Å²) in [7, 11) is 0. The molecule has 0 spiro atoms. The monoisotopic (exact) mass is 321 g/mol.